The highest BCUT2D eigenvalue weighted by molar-refractivity contribution is 5.82. The zero-order valence-electron chi connectivity index (χ0n) is 11.9. The molecule has 0 spiro atoms. The molecule has 1 aromatic rings. The van der Waals surface area contributed by atoms with Crippen LogP contribution in [0.15, 0.2) is 24.4 Å². The summed E-state index contributed by atoms with van der Waals surface area (Å²) in [5, 5.41) is 5.67. The average molecular weight is 275 g/mol. The van der Waals surface area contributed by atoms with Gasteiger partial charge < -0.3 is 10.6 Å². The highest BCUT2D eigenvalue weighted by atomic mass is 16.2. The van der Waals surface area contributed by atoms with E-state index in [0.717, 1.165) is 12.1 Å². The number of hydrogen-bond acceptors (Lipinski definition) is 3. The van der Waals surface area contributed by atoms with Crippen molar-refractivity contribution in [1.29, 1.82) is 0 Å². The van der Waals surface area contributed by atoms with E-state index in [2.05, 4.69) is 22.5 Å². The first kappa shape index (κ1) is 14.5. The second-order valence-corrected chi connectivity index (χ2v) is 5.40. The average Bonchev–Trinajstić information content (AvgIpc) is 3.17. The van der Waals surface area contributed by atoms with Gasteiger partial charge in [0, 0.05) is 25.1 Å². The molecule has 108 valence electrons. The number of carbonyl (C=O) groups is 2. The lowest BCUT2D eigenvalue weighted by Gasteiger charge is -2.13. The molecule has 2 N–H and O–H groups in total. The number of amides is 2. The van der Waals surface area contributed by atoms with Gasteiger partial charge >= 0.3 is 0 Å². The fraction of sp³-hybridized carbons (Fsp3) is 0.533. The lowest BCUT2D eigenvalue weighted by Crippen LogP contribution is -2.33. The Morgan fingerprint density at radius 2 is 2.20 bits per heavy atom. The van der Waals surface area contributed by atoms with Crippen molar-refractivity contribution < 1.29 is 9.59 Å². The largest absolute Gasteiger partial charge is 0.355 e. The molecule has 3 atom stereocenters. The zero-order chi connectivity index (χ0) is 14.5. The van der Waals surface area contributed by atoms with Gasteiger partial charge in [-0.2, -0.15) is 0 Å². The van der Waals surface area contributed by atoms with E-state index in [-0.39, 0.29) is 23.8 Å². The number of nitrogens with one attached hydrogen (secondary N) is 2. The van der Waals surface area contributed by atoms with Crippen LogP contribution in [0.3, 0.4) is 0 Å². The van der Waals surface area contributed by atoms with Crippen LogP contribution in [-0.4, -0.2) is 23.3 Å². The predicted molar refractivity (Wildman–Crippen MR) is 75.7 cm³/mol. The SMILES string of the molecule is C[C@H](NC(=O)CCNC(=O)[C@@H]1C[C@H]1C)c1ccccn1. The van der Waals surface area contributed by atoms with Crippen LogP contribution < -0.4 is 10.6 Å². The Kier molecular flexibility index (Phi) is 4.71. The molecule has 2 amide bonds. The second kappa shape index (κ2) is 6.50. The molecule has 0 aliphatic heterocycles. The maximum absolute atomic E-state index is 11.8. The fourth-order valence-corrected chi connectivity index (χ4v) is 2.14. The van der Waals surface area contributed by atoms with Gasteiger partial charge in [0.25, 0.3) is 0 Å². The molecule has 2 rings (SSSR count). The van der Waals surface area contributed by atoms with E-state index in [1.54, 1.807) is 6.20 Å². The van der Waals surface area contributed by atoms with Crippen LogP contribution in [0.4, 0.5) is 0 Å². The first-order valence-electron chi connectivity index (χ1n) is 7.06. The van der Waals surface area contributed by atoms with Gasteiger partial charge in [-0.05, 0) is 31.4 Å². The molecular weight excluding hydrogens is 254 g/mol. The fourth-order valence-electron chi connectivity index (χ4n) is 2.14. The van der Waals surface area contributed by atoms with E-state index in [0.29, 0.717) is 18.9 Å². The van der Waals surface area contributed by atoms with E-state index >= 15 is 0 Å². The summed E-state index contributed by atoms with van der Waals surface area (Å²) in [4.78, 5) is 27.6. The van der Waals surface area contributed by atoms with Crippen LogP contribution in [0, 0.1) is 11.8 Å². The number of nitrogens with zero attached hydrogens (tertiary/aromatic N) is 1. The molecule has 0 radical (unpaired) electrons. The predicted octanol–water partition coefficient (Wildman–Crippen LogP) is 1.42. The van der Waals surface area contributed by atoms with Gasteiger partial charge in [-0.3, -0.25) is 14.6 Å². The van der Waals surface area contributed by atoms with E-state index in [1.807, 2.05) is 25.1 Å². The monoisotopic (exact) mass is 275 g/mol. The molecule has 1 fully saturated rings. The Labute approximate surface area is 119 Å². The zero-order valence-corrected chi connectivity index (χ0v) is 11.9. The summed E-state index contributed by atoms with van der Waals surface area (Å²) in [5.74, 6) is 0.647. The minimum atomic E-state index is -0.122. The Hall–Kier alpha value is -1.91. The summed E-state index contributed by atoms with van der Waals surface area (Å²) in [6.07, 6.45) is 2.97. The number of hydrogen-bond donors (Lipinski definition) is 2. The van der Waals surface area contributed by atoms with Crippen LogP contribution in [0.1, 0.15) is 38.4 Å². The normalized spacial score (nSPS) is 21.9. The molecule has 1 heterocycles. The molecular formula is C15H21N3O2. The lowest BCUT2D eigenvalue weighted by molar-refractivity contribution is -0.123. The van der Waals surface area contributed by atoms with Crippen molar-refractivity contribution in [3.05, 3.63) is 30.1 Å². The van der Waals surface area contributed by atoms with Crippen LogP contribution in [-0.2, 0) is 9.59 Å². The molecule has 1 aliphatic carbocycles. The van der Waals surface area contributed by atoms with Crippen LogP contribution in [0.2, 0.25) is 0 Å². The van der Waals surface area contributed by atoms with Crippen LogP contribution in [0.5, 0.6) is 0 Å². The third-order valence-electron chi connectivity index (χ3n) is 3.61. The molecule has 0 unspecified atom stereocenters. The maximum atomic E-state index is 11.8. The van der Waals surface area contributed by atoms with Gasteiger partial charge in [0.1, 0.15) is 0 Å². The molecule has 1 aliphatic rings. The minimum absolute atomic E-state index is 0.0723. The van der Waals surface area contributed by atoms with Gasteiger partial charge in [0.05, 0.1) is 11.7 Å². The molecule has 5 heteroatoms. The summed E-state index contributed by atoms with van der Waals surface area (Å²) < 4.78 is 0. The molecule has 1 saturated carbocycles. The Morgan fingerprint density at radius 1 is 1.45 bits per heavy atom. The minimum Gasteiger partial charge on any atom is -0.355 e. The number of carbonyl (C=O) groups excluding carboxylic acids is 2. The van der Waals surface area contributed by atoms with Crippen molar-refractivity contribution in [2.45, 2.75) is 32.7 Å². The van der Waals surface area contributed by atoms with Gasteiger partial charge in [-0.25, -0.2) is 0 Å². The second-order valence-electron chi connectivity index (χ2n) is 5.40. The van der Waals surface area contributed by atoms with E-state index in [1.165, 1.54) is 0 Å². The highest BCUT2D eigenvalue weighted by Crippen LogP contribution is 2.37. The number of rotatable bonds is 6. The first-order chi connectivity index (χ1) is 9.58. The third kappa shape index (κ3) is 4.05. The summed E-state index contributed by atoms with van der Waals surface area (Å²) in [6, 6.07) is 5.48. The molecule has 5 nitrogen and oxygen atoms in total. The van der Waals surface area contributed by atoms with Gasteiger partial charge in [0.15, 0.2) is 0 Å². The van der Waals surface area contributed by atoms with Crippen molar-refractivity contribution in [3.63, 3.8) is 0 Å². The Morgan fingerprint density at radius 3 is 2.80 bits per heavy atom. The summed E-state index contributed by atoms with van der Waals surface area (Å²) in [5.41, 5.74) is 0.830. The summed E-state index contributed by atoms with van der Waals surface area (Å²) in [6.45, 7) is 4.35. The Balaban J connectivity index is 1.66. The van der Waals surface area contributed by atoms with E-state index in [4.69, 9.17) is 0 Å². The van der Waals surface area contributed by atoms with Crippen molar-refractivity contribution in [2.75, 3.05) is 6.54 Å². The van der Waals surface area contributed by atoms with Crippen molar-refractivity contribution in [2.24, 2.45) is 11.8 Å². The van der Waals surface area contributed by atoms with E-state index in [9.17, 15) is 9.59 Å². The van der Waals surface area contributed by atoms with Crippen molar-refractivity contribution in [3.8, 4) is 0 Å². The summed E-state index contributed by atoms with van der Waals surface area (Å²) in [7, 11) is 0. The van der Waals surface area contributed by atoms with E-state index < -0.39 is 0 Å². The Bertz CT molecular complexity index is 475. The quantitative estimate of drug-likeness (QED) is 0.825. The van der Waals surface area contributed by atoms with Crippen molar-refractivity contribution >= 4 is 11.8 Å². The highest BCUT2D eigenvalue weighted by Gasteiger charge is 2.38. The van der Waals surface area contributed by atoms with Crippen molar-refractivity contribution in [1.82, 2.24) is 15.6 Å². The van der Waals surface area contributed by atoms with Gasteiger partial charge in [-0.15, -0.1) is 0 Å². The topological polar surface area (TPSA) is 71.1 Å². The smallest absolute Gasteiger partial charge is 0.223 e. The first-order valence-corrected chi connectivity index (χ1v) is 7.06. The van der Waals surface area contributed by atoms with Crippen LogP contribution >= 0.6 is 0 Å². The standard InChI is InChI=1S/C15H21N3O2/c1-10-9-12(10)15(20)17-8-6-14(19)18-11(2)13-5-3-4-7-16-13/h3-5,7,10-12H,6,8-9H2,1-2H3,(H,17,20)(H,18,19)/t10-,11+,12-/m1/s1. The van der Waals surface area contributed by atoms with Gasteiger partial charge in [-0.1, -0.05) is 13.0 Å². The molecule has 0 saturated heterocycles. The van der Waals surface area contributed by atoms with Crippen LogP contribution in [0.25, 0.3) is 0 Å². The summed E-state index contributed by atoms with van der Waals surface area (Å²) >= 11 is 0. The molecule has 0 aromatic carbocycles. The molecule has 1 aromatic heterocycles. The maximum Gasteiger partial charge on any atom is 0.223 e. The molecule has 20 heavy (non-hydrogen) atoms. The lowest BCUT2D eigenvalue weighted by atomic mass is 10.2. The third-order valence-corrected chi connectivity index (χ3v) is 3.61. The molecule has 0 bridgehead atoms. The number of pyridine rings is 1. The number of aromatic nitrogens is 1. The van der Waals surface area contributed by atoms with Gasteiger partial charge in [0.2, 0.25) is 11.8 Å².